The number of ether oxygens (including phenoxy) is 1. The van der Waals surface area contributed by atoms with Gasteiger partial charge in [-0.15, -0.1) is 0 Å². The molecule has 0 saturated carbocycles. The predicted octanol–water partition coefficient (Wildman–Crippen LogP) is 3.25. The lowest BCUT2D eigenvalue weighted by molar-refractivity contribution is -0.122. The number of hydrogen-bond acceptors (Lipinski definition) is 5. The van der Waals surface area contributed by atoms with Crippen molar-refractivity contribution >= 4 is 39.1 Å². The molecule has 0 spiro atoms. The lowest BCUT2D eigenvalue weighted by Gasteiger charge is -2.17. The molecule has 27 heavy (non-hydrogen) atoms. The Balaban J connectivity index is 1.73. The topological polar surface area (TPSA) is 84.4 Å². The summed E-state index contributed by atoms with van der Waals surface area (Å²) in [6.07, 6.45) is 0.175. The molecule has 1 unspecified atom stereocenters. The number of aryl methyl sites for hydroxylation is 2. The van der Waals surface area contributed by atoms with Crippen LogP contribution < -0.4 is 15.0 Å². The summed E-state index contributed by atoms with van der Waals surface area (Å²) in [5.74, 6) is -0.703. The standard InChI is InChI=1S/C19H21BrN4O3/c1-4-27-19-21-11(2)17(12(3)22-19)23-18(26)13-8-16(25)24(10-13)15-7-5-6-14(20)9-15/h5-7,9,13H,4,8,10H2,1-3H3,(H,23,26). The molecule has 1 fully saturated rings. The summed E-state index contributed by atoms with van der Waals surface area (Å²) in [6.45, 7) is 6.26. The second-order valence-corrected chi connectivity index (χ2v) is 7.28. The highest BCUT2D eigenvalue weighted by atomic mass is 79.9. The summed E-state index contributed by atoms with van der Waals surface area (Å²) < 4.78 is 6.21. The normalized spacial score (nSPS) is 16.5. The van der Waals surface area contributed by atoms with Gasteiger partial charge in [0.1, 0.15) is 0 Å². The summed E-state index contributed by atoms with van der Waals surface area (Å²) in [6, 6.07) is 7.78. The predicted molar refractivity (Wildman–Crippen MR) is 106 cm³/mol. The maximum absolute atomic E-state index is 12.7. The van der Waals surface area contributed by atoms with E-state index in [2.05, 4.69) is 31.2 Å². The van der Waals surface area contributed by atoms with Crippen molar-refractivity contribution in [1.82, 2.24) is 9.97 Å². The minimum absolute atomic E-state index is 0.0652. The molecule has 2 heterocycles. The molecule has 142 valence electrons. The fourth-order valence-corrected chi connectivity index (χ4v) is 3.45. The molecule has 1 N–H and O–H groups in total. The summed E-state index contributed by atoms with van der Waals surface area (Å²) in [4.78, 5) is 35.3. The van der Waals surface area contributed by atoms with Crippen LogP contribution >= 0.6 is 15.9 Å². The van der Waals surface area contributed by atoms with E-state index in [1.165, 1.54) is 0 Å². The molecule has 1 aromatic carbocycles. The first-order chi connectivity index (χ1) is 12.9. The second-order valence-electron chi connectivity index (χ2n) is 6.36. The van der Waals surface area contributed by atoms with Crippen LogP contribution in [0.2, 0.25) is 0 Å². The van der Waals surface area contributed by atoms with Gasteiger partial charge in [0.15, 0.2) is 0 Å². The SMILES string of the molecule is CCOc1nc(C)c(NC(=O)C2CC(=O)N(c3cccc(Br)c3)C2)c(C)n1. The Hall–Kier alpha value is -2.48. The van der Waals surface area contributed by atoms with Crippen molar-refractivity contribution < 1.29 is 14.3 Å². The van der Waals surface area contributed by atoms with Crippen LogP contribution in [0, 0.1) is 19.8 Å². The van der Waals surface area contributed by atoms with Crippen molar-refractivity contribution in [2.45, 2.75) is 27.2 Å². The van der Waals surface area contributed by atoms with Crippen molar-refractivity contribution in [1.29, 1.82) is 0 Å². The molecule has 8 heteroatoms. The van der Waals surface area contributed by atoms with Crippen LogP contribution in [0.15, 0.2) is 28.7 Å². The number of anilines is 2. The lowest BCUT2D eigenvalue weighted by Crippen LogP contribution is -2.28. The average Bonchev–Trinajstić information content (AvgIpc) is 3.00. The van der Waals surface area contributed by atoms with E-state index in [0.717, 1.165) is 10.2 Å². The van der Waals surface area contributed by atoms with Crippen molar-refractivity contribution in [2.24, 2.45) is 5.92 Å². The van der Waals surface area contributed by atoms with E-state index in [1.54, 1.807) is 18.7 Å². The van der Waals surface area contributed by atoms with Gasteiger partial charge in [-0.05, 0) is 39.0 Å². The monoisotopic (exact) mass is 432 g/mol. The van der Waals surface area contributed by atoms with Crippen LogP contribution in [0.1, 0.15) is 24.7 Å². The van der Waals surface area contributed by atoms with Crippen LogP contribution in [0.3, 0.4) is 0 Å². The van der Waals surface area contributed by atoms with Crippen LogP contribution in [0.5, 0.6) is 6.01 Å². The highest BCUT2D eigenvalue weighted by Gasteiger charge is 2.35. The number of carbonyl (C=O) groups is 2. The fourth-order valence-electron chi connectivity index (χ4n) is 3.06. The van der Waals surface area contributed by atoms with Crippen molar-refractivity contribution in [3.8, 4) is 6.01 Å². The maximum Gasteiger partial charge on any atom is 0.316 e. The number of benzene rings is 1. The van der Waals surface area contributed by atoms with E-state index in [4.69, 9.17) is 4.74 Å². The first-order valence-corrected chi connectivity index (χ1v) is 9.53. The zero-order valence-corrected chi connectivity index (χ0v) is 17.0. The Morgan fingerprint density at radius 2 is 2.04 bits per heavy atom. The first kappa shape index (κ1) is 19.3. The molecular weight excluding hydrogens is 412 g/mol. The third-order valence-electron chi connectivity index (χ3n) is 4.39. The Bertz CT molecular complexity index is 864. The molecular formula is C19H21BrN4O3. The van der Waals surface area contributed by atoms with Crippen molar-refractivity contribution in [3.63, 3.8) is 0 Å². The zero-order valence-electron chi connectivity index (χ0n) is 15.5. The van der Waals surface area contributed by atoms with E-state index in [0.29, 0.717) is 36.2 Å². The Morgan fingerprint density at radius 1 is 1.33 bits per heavy atom. The van der Waals surface area contributed by atoms with Gasteiger partial charge < -0.3 is 15.0 Å². The van der Waals surface area contributed by atoms with Crippen LogP contribution in [0.4, 0.5) is 11.4 Å². The molecule has 1 atom stereocenters. The maximum atomic E-state index is 12.7. The zero-order chi connectivity index (χ0) is 19.6. The molecule has 1 aromatic heterocycles. The van der Waals surface area contributed by atoms with Gasteiger partial charge in [0.25, 0.3) is 0 Å². The van der Waals surface area contributed by atoms with Crippen molar-refractivity contribution in [3.05, 3.63) is 40.1 Å². The third kappa shape index (κ3) is 4.27. The minimum Gasteiger partial charge on any atom is -0.464 e. The number of carbonyl (C=O) groups excluding carboxylic acids is 2. The lowest BCUT2D eigenvalue weighted by atomic mass is 10.1. The van der Waals surface area contributed by atoms with Gasteiger partial charge in [-0.1, -0.05) is 22.0 Å². The molecule has 0 aliphatic carbocycles. The number of nitrogens with one attached hydrogen (secondary N) is 1. The van der Waals surface area contributed by atoms with Gasteiger partial charge >= 0.3 is 6.01 Å². The van der Waals surface area contributed by atoms with Crippen LogP contribution in [-0.4, -0.2) is 34.9 Å². The summed E-state index contributed by atoms with van der Waals surface area (Å²) in [7, 11) is 0. The number of aromatic nitrogens is 2. The minimum atomic E-state index is -0.429. The van der Waals surface area contributed by atoms with E-state index in [-0.39, 0.29) is 18.2 Å². The molecule has 1 aliphatic rings. The molecule has 2 aromatic rings. The van der Waals surface area contributed by atoms with Gasteiger partial charge in [-0.3, -0.25) is 9.59 Å². The number of amides is 2. The number of halogens is 1. The van der Waals surface area contributed by atoms with Gasteiger partial charge in [-0.2, -0.15) is 9.97 Å². The number of hydrogen-bond donors (Lipinski definition) is 1. The largest absolute Gasteiger partial charge is 0.464 e. The van der Waals surface area contributed by atoms with Gasteiger partial charge in [-0.25, -0.2) is 0 Å². The van der Waals surface area contributed by atoms with Gasteiger partial charge in [0.2, 0.25) is 11.8 Å². The van der Waals surface area contributed by atoms with E-state index >= 15 is 0 Å². The Kier molecular flexibility index (Phi) is 5.74. The second kappa shape index (κ2) is 8.04. The van der Waals surface area contributed by atoms with Crippen LogP contribution in [0.25, 0.3) is 0 Å². The Morgan fingerprint density at radius 3 is 2.67 bits per heavy atom. The number of rotatable bonds is 5. The fraction of sp³-hybridized carbons (Fsp3) is 0.368. The summed E-state index contributed by atoms with van der Waals surface area (Å²) in [5, 5.41) is 2.89. The molecule has 1 aliphatic heterocycles. The molecule has 0 radical (unpaired) electrons. The van der Waals surface area contributed by atoms with Gasteiger partial charge in [0.05, 0.1) is 29.6 Å². The average molecular weight is 433 g/mol. The van der Waals surface area contributed by atoms with E-state index in [9.17, 15) is 9.59 Å². The molecule has 0 bridgehead atoms. The summed E-state index contributed by atoms with van der Waals surface area (Å²) in [5.41, 5.74) is 2.61. The third-order valence-corrected chi connectivity index (χ3v) is 4.88. The molecule has 1 saturated heterocycles. The van der Waals surface area contributed by atoms with Gasteiger partial charge in [0, 0.05) is 23.1 Å². The van der Waals surface area contributed by atoms with E-state index < -0.39 is 5.92 Å². The smallest absolute Gasteiger partial charge is 0.316 e. The van der Waals surface area contributed by atoms with E-state index in [1.807, 2.05) is 31.2 Å². The molecule has 2 amide bonds. The van der Waals surface area contributed by atoms with Crippen molar-refractivity contribution in [2.75, 3.05) is 23.4 Å². The molecule has 7 nitrogen and oxygen atoms in total. The Labute approximate surface area is 166 Å². The quantitative estimate of drug-likeness (QED) is 0.783. The first-order valence-electron chi connectivity index (χ1n) is 8.74. The molecule has 3 rings (SSSR count). The van der Waals surface area contributed by atoms with Crippen LogP contribution in [-0.2, 0) is 9.59 Å². The highest BCUT2D eigenvalue weighted by molar-refractivity contribution is 9.10. The highest BCUT2D eigenvalue weighted by Crippen LogP contribution is 2.28. The summed E-state index contributed by atoms with van der Waals surface area (Å²) >= 11 is 3.41. The number of nitrogens with zero attached hydrogens (tertiary/aromatic N) is 3.